The van der Waals surface area contributed by atoms with E-state index >= 15 is 0 Å². The number of hydrogen-bond donors (Lipinski definition) is 0. The molecule has 3 unspecified atom stereocenters. The number of nitrogens with zero attached hydrogens (tertiary/aromatic N) is 2. The van der Waals surface area contributed by atoms with E-state index in [0.717, 1.165) is 18.4 Å². The Hall–Kier alpha value is -2.24. The van der Waals surface area contributed by atoms with Gasteiger partial charge in [-0.05, 0) is 36.2 Å². The van der Waals surface area contributed by atoms with Gasteiger partial charge in [-0.25, -0.2) is 9.59 Å². The molecule has 1 aromatic carbocycles. The summed E-state index contributed by atoms with van der Waals surface area (Å²) in [5.74, 6) is 0.640. The van der Waals surface area contributed by atoms with Crippen molar-refractivity contribution in [1.82, 2.24) is 9.80 Å². The molecule has 1 saturated heterocycles. The first-order chi connectivity index (χ1) is 13.8. The molecule has 0 radical (unpaired) electrons. The first-order valence-electron chi connectivity index (χ1n) is 10.7. The van der Waals surface area contributed by atoms with Crippen LogP contribution in [0.4, 0.5) is 9.59 Å². The van der Waals surface area contributed by atoms with Crippen LogP contribution in [0.15, 0.2) is 30.3 Å². The van der Waals surface area contributed by atoms with Crippen molar-refractivity contribution in [3.05, 3.63) is 35.9 Å². The maximum Gasteiger partial charge on any atom is 0.410 e. The fourth-order valence-corrected chi connectivity index (χ4v) is 5.39. The molecule has 1 heterocycles. The summed E-state index contributed by atoms with van der Waals surface area (Å²) in [5.41, 5.74) is 1.25. The third-order valence-corrected chi connectivity index (χ3v) is 7.96. The molecule has 2 aliphatic carbocycles. The van der Waals surface area contributed by atoms with E-state index in [1.165, 1.54) is 6.42 Å². The lowest BCUT2D eigenvalue weighted by Crippen LogP contribution is -2.52. The van der Waals surface area contributed by atoms with E-state index in [0.29, 0.717) is 32.1 Å². The first-order valence-corrected chi connectivity index (χ1v) is 10.7. The molecule has 2 bridgehead atoms. The molecule has 158 valence electrons. The molecule has 0 aromatic heterocycles. The zero-order valence-corrected chi connectivity index (χ0v) is 17.7. The van der Waals surface area contributed by atoms with Crippen molar-refractivity contribution in [1.29, 1.82) is 0 Å². The second kappa shape index (κ2) is 7.54. The summed E-state index contributed by atoms with van der Waals surface area (Å²) in [6.45, 7) is 9.08. The molecule has 3 aliphatic rings. The summed E-state index contributed by atoms with van der Waals surface area (Å²) in [6, 6.07) is 9.63. The van der Waals surface area contributed by atoms with Crippen molar-refractivity contribution in [2.45, 2.75) is 52.7 Å². The van der Waals surface area contributed by atoms with E-state index in [4.69, 9.17) is 9.47 Å². The molecule has 4 rings (SSSR count). The van der Waals surface area contributed by atoms with Gasteiger partial charge in [0, 0.05) is 31.6 Å². The lowest BCUT2D eigenvalue weighted by molar-refractivity contribution is -0.0236. The predicted molar refractivity (Wildman–Crippen MR) is 109 cm³/mol. The Morgan fingerprint density at radius 1 is 1.00 bits per heavy atom. The van der Waals surface area contributed by atoms with E-state index in [-0.39, 0.29) is 35.7 Å². The Morgan fingerprint density at radius 2 is 1.62 bits per heavy atom. The number of carbonyl (C=O) groups excluding carboxylic acids is 2. The van der Waals surface area contributed by atoms with Gasteiger partial charge in [-0.2, -0.15) is 0 Å². The number of piperazine rings is 1. The Kier molecular flexibility index (Phi) is 5.21. The van der Waals surface area contributed by atoms with Gasteiger partial charge in [-0.1, -0.05) is 51.1 Å². The number of rotatable bonds is 3. The van der Waals surface area contributed by atoms with Crippen molar-refractivity contribution in [3.63, 3.8) is 0 Å². The van der Waals surface area contributed by atoms with Crippen molar-refractivity contribution in [2.24, 2.45) is 16.7 Å². The summed E-state index contributed by atoms with van der Waals surface area (Å²) >= 11 is 0. The largest absolute Gasteiger partial charge is 0.445 e. The van der Waals surface area contributed by atoms with Crippen LogP contribution in [0.5, 0.6) is 0 Å². The molecule has 0 spiro atoms. The van der Waals surface area contributed by atoms with Crippen LogP contribution < -0.4 is 0 Å². The van der Waals surface area contributed by atoms with Crippen LogP contribution in [0.3, 0.4) is 0 Å². The van der Waals surface area contributed by atoms with Crippen LogP contribution in [0.1, 0.15) is 45.6 Å². The highest BCUT2D eigenvalue weighted by molar-refractivity contribution is 5.70. The van der Waals surface area contributed by atoms with E-state index in [1.54, 1.807) is 9.80 Å². The minimum atomic E-state index is -0.329. The fraction of sp³-hybridized carbons (Fsp3) is 0.652. The third-order valence-electron chi connectivity index (χ3n) is 7.96. The van der Waals surface area contributed by atoms with E-state index < -0.39 is 0 Å². The van der Waals surface area contributed by atoms with Crippen LogP contribution in [0, 0.1) is 16.7 Å². The summed E-state index contributed by atoms with van der Waals surface area (Å²) < 4.78 is 11.4. The molecule has 6 heteroatoms. The summed E-state index contributed by atoms with van der Waals surface area (Å²) in [4.78, 5) is 28.4. The number of fused-ring (bicyclic) bond motifs is 2. The van der Waals surface area contributed by atoms with Gasteiger partial charge in [-0.15, -0.1) is 0 Å². The van der Waals surface area contributed by atoms with Gasteiger partial charge in [0.1, 0.15) is 12.7 Å². The van der Waals surface area contributed by atoms with E-state index in [9.17, 15) is 9.59 Å². The van der Waals surface area contributed by atoms with Gasteiger partial charge in [-0.3, -0.25) is 0 Å². The maximum atomic E-state index is 12.7. The number of amides is 2. The standard InChI is InChI=1S/C23H32N2O4/c1-22(2)18-9-10-23(22,3)19(15-18)29-21(27)25-13-11-24(12-14-25)20(26)28-16-17-7-5-4-6-8-17/h4-8,18-19H,9-16H2,1-3H3. The summed E-state index contributed by atoms with van der Waals surface area (Å²) in [5, 5.41) is 0. The van der Waals surface area contributed by atoms with Crippen LogP contribution in [-0.2, 0) is 16.1 Å². The molecule has 2 amide bonds. The van der Waals surface area contributed by atoms with E-state index in [1.807, 2.05) is 30.3 Å². The Morgan fingerprint density at radius 3 is 2.17 bits per heavy atom. The van der Waals surface area contributed by atoms with Crippen LogP contribution >= 0.6 is 0 Å². The maximum absolute atomic E-state index is 12.7. The van der Waals surface area contributed by atoms with Crippen LogP contribution in [-0.4, -0.2) is 54.3 Å². The number of carbonyl (C=O) groups is 2. The Balaban J connectivity index is 1.24. The molecular weight excluding hydrogens is 368 g/mol. The van der Waals surface area contributed by atoms with Gasteiger partial charge in [0.05, 0.1) is 0 Å². The number of benzene rings is 1. The molecule has 6 nitrogen and oxygen atoms in total. The van der Waals surface area contributed by atoms with Crippen LogP contribution in [0.2, 0.25) is 0 Å². The molecule has 1 aromatic rings. The zero-order chi connectivity index (χ0) is 20.6. The zero-order valence-electron chi connectivity index (χ0n) is 17.7. The van der Waals surface area contributed by atoms with Crippen molar-refractivity contribution in [2.75, 3.05) is 26.2 Å². The van der Waals surface area contributed by atoms with Gasteiger partial charge < -0.3 is 19.3 Å². The molecular formula is C23H32N2O4. The van der Waals surface area contributed by atoms with Gasteiger partial charge in [0.25, 0.3) is 0 Å². The SMILES string of the molecule is CC1(C)C2CCC1(C)C(OC(=O)N1CCN(C(=O)OCc3ccccc3)CC1)C2. The quantitative estimate of drug-likeness (QED) is 0.759. The average Bonchev–Trinajstić information content (AvgIpc) is 3.06. The van der Waals surface area contributed by atoms with Crippen LogP contribution in [0.25, 0.3) is 0 Å². The highest BCUT2D eigenvalue weighted by Crippen LogP contribution is 2.66. The molecule has 3 fully saturated rings. The Labute approximate surface area is 173 Å². The summed E-state index contributed by atoms with van der Waals surface area (Å²) in [7, 11) is 0. The summed E-state index contributed by atoms with van der Waals surface area (Å²) in [6.07, 6.45) is 2.77. The minimum Gasteiger partial charge on any atom is -0.445 e. The second-order valence-corrected chi connectivity index (χ2v) is 9.50. The van der Waals surface area contributed by atoms with Crippen molar-refractivity contribution in [3.8, 4) is 0 Å². The molecule has 29 heavy (non-hydrogen) atoms. The lowest BCUT2D eigenvalue weighted by atomic mass is 9.70. The molecule has 2 saturated carbocycles. The van der Waals surface area contributed by atoms with Crippen molar-refractivity contribution < 1.29 is 19.1 Å². The van der Waals surface area contributed by atoms with E-state index in [2.05, 4.69) is 20.8 Å². The third kappa shape index (κ3) is 3.58. The predicted octanol–water partition coefficient (Wildman–Crippen LogP) is 4.29. The highest BCUT2D eigenvalue weighted by atomic mass is 16.6. The smallest absolute Gasteiger partial charge is 0.410 e. The first kappa shape index (κ1) is 20.0. The number of hydrogen-bond acceptors (Lipinski definition) is 4. The Bertz CT molecular complexity index is 757. The van der Waals surface area contributed by atoms with Gasteiger partial charge in [0.2, 0.25) is 0 Å². The van der Waals surface area contributed by atoms with Crippen molar-refractivity contribution >= 4 is 12.2 Å². The van der Waals surface area contributed by atoms with Gasteiger partial charge >= 0.3 is 12.2 Å². The normalized spacial score (nSPS) is 30.3. The van der Waals surface area contributed by atoms with Gasteiger partial charge in [0.15, 0.2) is 0 Å². The molecule has 0 N–H and O–H groups in total. The topological polar surface area (TPSA) is 59.1 Å². The molecule has 3 atom stereocenters. The number of ether oxygens (including phenoxy) is 2. The lowest BCUT2D eigenvalue weighted by Gasteiger charge is -2.40. The molecule has 1 aliphatic heterocycles. The monoisotopic (exact) mass is 400 g/mol. The average molecular weight is 401 g/mol. The second-order valence-electron chi connectivity index (χ2n) is 9.50. The minimum absolute atomic E-state index is 0.00221. The fourth-order valence-electron chi connectivity index (χ4n) is 5.39. The highest BCUT2D eigenvalue weighted by Gasteiger charge is 2.63.